The first-order chi connectivity index (χ1) is 12.0. The van der Waals surface area contributed by atoms with Gasteiger partial charge in [-0.15, -0.1) is 11.8 Å². The molecule has 0 saturated carbocycles. The zero-order valence-electron chi connectivity index (χ0n) is 15.2. The lowest BCUT2D eigenvalue weighted by Gasteiger charge is -2.18. The van der Waals surface area contributed by atoms with Gasteiger partial charge >= 0.3 is 0 Å². The molecule has 2 aromatic carbocycles. The third-order valence-corrected chi connectivity index (χ3v) is 4.87. The Bertz CT molecular complexity index is 718. The normalized spacial score (nSPS) is 11.7. The van der Waals surface area contributed by atoms with Gasteiger partial charge in [0.05, 0.1) is 26.0 Å². The molecule has 4 nitrogen and oxygen atoms in total. The number of amides is 1. The minimum Gasteiger partial charge on any atom is -0.497 e. The van der Waals surface area contributed by atoms with E-state index >= 15 is 0 Å². The number of methoxy groups -OCH3 is 2. The molecule has 1 unspecified atom stereocenters. The van der Waals surface area contributed by atoms with Crippen LogP contribution in [0.5, 0.6) is 11.5 Å². The highest BCUT2D eigenvalue weighted by atomic mass is 32.2. The zero-order chi connectivity index (χ0) is 18.2. The van der Waals surface area contributed by atoms with E-state index in [9.17, 15) is 4.79 Å². The molecule has 1 amide bonds. The van der Waals surface area contributed by atoms with E-state index in [-0.39, 0.29) is 11.9 Å². The molecular weight excluding hydrogens is 334 g/mol. The second kappa shape index (κ2) is 9.37. The van der Waals surface area contributed by atoms with Crippen LogP contribution in [0.1, 0.15) is 29.7 Å². The van der Waals surface area contributed by atoms with Crippen molar-refractivity contribution in [2.75, 3.05) is 20.0 Å². The average molecular weight is 359 g/mol. The van der Waals surface area contributed by atoms with Crippen molar-refractivity contribution in [1.29, 1.82) is 0 Å². The number of hydrogen-bond donors (Lipinski definition) is 1. The van der Waals surface area contributed by atoms with Crippen LogP contribution in [0.4, 0.5) is 0 Å². The fourth-order valence-corrected chi connectivity index (χ4v) is 3.39. The fourth-order valence-electron chi connectivity index (χ4n) is 2.60. The Morgan fingerprint density at radius 2 is 1.96 bits per heavy atom. The Hall–Kier alpha value is -2.14. The van der Waals surface area contributed by atoms with Gasteiger partial charge in [-0.1, -0.05) is 29.8 Å². The van der Waals surface area contributed by atoms with E-state index in [2.05, 4.69) is 30.4 Å². The van der Waals surface area contributed by atoms with Gasteiger partial charge in [0.15, 0.2) is 0 Å². The predicted octanol–water partition coefficient (Wildman–Crippen LogP) is 4.12. The van der Waals surface area contributed by atoms with Crippen LogP contribution in [0.25, 0.3) is 0 Å². The summed E-state index contributed by atoms with van der Waals surface area (Å²) in [6.07, 6.45) is 0. The first kappa shape index (κ1) is 19.2. The van der Waals surface area contributed by atoms with E-state index in [0.717, 1.165) is 22.8 Å². The number of carbonyl (C=O) groups is 1. The summed E-state index contributed by atoms with van der Waals surface area (Å²) in [6, 6.07) is 13.8. The first-order valence-electron chi connectivity index (χ1n) is 8.18. The largest absolute Gasteiger partial charge is 0.497 e. The van der Waals surface area contributed by atoms with Crippen LogP contribution >= 0.6 is 11.8 Å². The molecule has 0 fully saturated rings. The minimum absolute atomic E-state index is 0.00928. The number of thioether (sulfide) groups is 1. The van der Waals surface area contributed by atoms with Crippen molar-refractivity contribution in [3.63, 3.8) is 0 Å². The molecule has 0 saturated heterocycles. The Balaban J connectivity index is 1.89. The molecule has 0 aliphatic heterocycles. The van der Waals surface area contributed by atoms with E-state index in [1.807, 2.05) is 31.2 Å². The van der Waals surface area contributed by atoms with Gasteiger partial charge in [-0.3, -0.25) is 4.79 Å². The van der Waals surface area contributed by atoms with Crippen molar-refractivity contribution in [2.45, 2.75) is 25.6 Å². The summed E-state index contributed by atoms with van der Waals surface area (Å²) in [5.41, 5.74) is 3.38. The van der Waals surface area contributed by atoms with Gasteiger partial charge in [0.25, 0.3) is 0 Å². The topological polar surface area (TPSA) is 47.6 Å². The maximum atomic E-state index is 12.2. The number of ether oxygens (including phenoxy) is 2. The van der Waals surface area contributed by atoms with Crippen LogP contribution in [0, 0.1) is 6.92 Å². The number of benzene rings is 2. The number of nitrogens with one attached hydrogen (secondary N) is 1. The number of aryl methyl sites for hydroxylation is 1. The van der Waals surface area contributed by atoms with Crippen molar-refractivity contribution in [2.24, 2.45) is 0 Å². The monoisotopic (exact) mass is 359 g/mol. The molecule has 2 rings (SSSR count). The van der Waals surface area contributed by atoms with E-state index in [4.69, 9.17) is 9.47 Å². The Morgan fingerprint density at radius 3 is 2.64 bits per heavy atom. The van der Waals surface area contributed by atoms with E-state index in [1.165, 1.54) is 11.1 Å². The van der Waals surface area contributed by atoms with Gasteiger partial charge < -0.3 is 14.8 Å². The van der Waals surface area contributed by atoms with Gasteiger partial charge in [0.2, 0.25) is 5.91 Å². The first-order valence-corrected chi connectivity index (χ1v) is 9.33. The van der Waals surface area contributed by atoms with Gasteiger partial charge in [-0.2, -0.15) is 0 Å². The highest BCUT2D eigenvalue weighted by Crippen LogP contribution is 2.29. The lowest BCUT2D eigenvalue weighted by molar-refractivity contribution is -0.119. The molecule has 5 heteroatoms. The predicted molar refractivity (Wildman–Crippen MR) is 103 cm³/mol. The summed E-state index contributed by atoms with van der Waals surface area (Å²) in [5.74, 6) is 2.73. The zero-order valence-corrected chi connectivity index (χ0v) is 16.0. The Kier molecular flexibility index (Phi) is 7.19. The van der Waals surface area contributed by atoms with Crippen LogP contribution in [0.15, 0.2) is 42.5 Å². The maximum absolute atomic E-state index is 12.2. The summed E-state index contributed by atoms with van der Waals surface area (Å²) in [6.45, 7) is 4.02. The lowest BCUT2D eigenvalue weighted by Crippen LogP contribution is -2.28. The van der Waals surface area contributed by atoms with E-state index < -0.39 is 0 Å². The smallest absolute Gasteiger partial charge is 0.230 e. The quantitative estimate of drug-likeness (QED) is 0.770. The number of hydrogen-bond acceptors (Lipinski definition) is 4. The van der Waals surface area contributed by atoms with Crippen molar-refractivity contribution >= 4 is 17.7 Å². The van der Waals surface area contributed by atoms with Crippen LogP contribution < -0.4 is 14.8 Å². The van der Waals surface area contributed by atoms with Gasteiger partial charge in [-0.25, -0.2) is 0 Å². The SMILES string of the molecule is COc1ccc(OC)c(C(C)NC(=O)CSCc2cccc(C)c2)c1. The summed E-state index contributed by atoms with van der Waals surface area (Å²) in [4.78, 5) is 12.2. The highest BCUT2D eigenvalue weighted by molar-refractivity contribution is 7.99. The third kappa shape index (κ3) is 5.71. The van der Waals surface area contributed by atoms with Gasteiger partial charge in [-0.05, 0) is 37.6 Å². The van der Waals surface area contributed by atoms with Crippen molar-refractivity contribution in [3.05, 3.63) is 59.2 Å². The molecule has 0 bridgehead atoms. The molecule has 0 aliphatic carbocycles. The molecule has 0 heterocycles. The van der Waals surface area contributed by atoms with Crippen LogP contribution in [-0.2, 0) is 10.5 Å². The van der Waals surface area contributed by atoms with E-state index in [0.29, 0.717) is 5.75 Å². The molecule has 1 atom stereocenters. The Labute approximate surface area is 153 Å². The van der Waals surface area contributed by atoms with Gasteiger partial charge in [0, 0.05) is 11.3 Å². The number of carbonyl (C=O) groups excluding carboxylic acids is 1. The van der Waals surface area contributed by atoms with E-state index in [1.54, 1.807) is 26.0 Å². The lowest BCUT2D eigenvalue weighted by atomic mass is 10.1. The molecule has 0 spiro atoms. The molecule has 25 heavy (non-hydrogen) atoms. The standard InChI is InChI=1S/C20H25NO3S/c1-14-6-5-7-16(10-14)12-25-13-20(22)21-15(2)18-11-17(23-3)8-9-19(18)24-4/h5-11,15H,12-13H2,1-4H3,(H,21,22). The minimum atomic E-state index is -0.155. The molecule has 0 radical (unpaired) electrons. The third-order valence-electron chi connectivity index (χ3n) is 3.87. The summed E-state index contributed by atoms with van der Waals surface area (Å²) in [7, 11) is 3.24. The van der Waals surface area contributed by atoms with Crippen LogP contribution in [-0.4, -0.2) is 25.9 Å². The Morgan fingerprint density at radius 1 is 1.16 bits per heavy atom. The van der Waals surface area contributed by atoms with Gasteiger partial charge in [0.1, 0.15) is 11.5 Å². The van der Waals surface area contributed by atoms with Crippen molar-refractivity contribution in [3.8, 4) is 11.5 Å². The molecule has 134 valence electrons. The summed E-state index contributed by atoms with van der Waals surface area (Å²) < 4.78 is 10.6. The second-order valence-electron chi connectivity index (χ2n) is 5.88. The van der Waals surface area contributed by atoms with Crippen molar-refractivity contribution < 1.29 is 14.3 Å². The van der Waals surface area contributed by atoms with Crippen LogP contribution in [0.3, 0.4) is 0 Å². The molecule has 1 N–H and O–H groups in total. The average Bonchev–Trinajstić information content (AvgIpc) is 2.61. The van der Waals surface area contributed by atoms with Crippen LogP contribution in [0.2, 0.25) is 0 Å². The molecular formula is C20H25NO3S. The van der Waals surface area contributed by atoms with Crippen molar-refractivity contribution in [1.82, 2.24) is 5.32 Å². The highest BCUT2D eigenvalue weighted by Gasteiger charge is 2.15. The summed E-state index contributed by atoms with van der Waals surface area (Å²) in [5, 5.41) is 3.02. The summed E-state index contributed by atoms with van der Waals surface area (Å²) >= 11 is 1.61. The number of rotatable bonds is 8. The molecule has 0 aromatic heterocycles. The fraction of sp³-hybridized carbons (Fsp3) is 0.350. The second-order valence-corrected chi connectivity index (χ2v) is 6.86. The maximum Gasteiger partial charge on any atom is 0.230 e. The molecule has 0 aliphatic rings. The molecule has 2 aromatic rings.